The Morgan fingerprint density at radius 2 is 1.86 bits per heavy atom. The van der Waals surface area contributed by atoms with Crippen LogP contribution in [0.1, 0.15) is 23.1 Å². The molecule has 2 aliphatic heterocycles. The minimum Gasteiger partial charge on any atom is -0.342 e. The van der Waals surface area contributed by atoms with Gasteiger partial charge in [-0.3, -0.25) is 9.48 Å². The van der Waals surface area contributed by atoms with Gasteiger partial charge in [-0.15, -0.1) is 0 Å². The maximum absolute atomic E-state index is 12.8. The first-order valence-corrected chi connectivity index (χ1v) is 10.0. The van der Waals surface area contributed by atoms with Crippen molar-refractivity contribution >= 4 is 22.9 Å². The molecule has 2 unspecified atom stereocenters. The largest absolute Gasteiger partial charge is 0.342 e. The molecule has 0 N–H and O–H groups in total. The highest BCUT2D eigenvalue weighted by molar-refractivity contribution is 5.92. The fraction of sp³-hybridized carbons (Fsp3) is 0.476. The maximum Gasteiger partial charge on any atom is 0.274 e. The number of amides is 1. The van der Waals surface area contributed by atoms with Crippen LogP contribution in [0.15, 0.2) is 30.3 Å². The molecule has 5 rings (SSSR count). The van der Waals surface area contributed by atoms with E-state index in [-0.39, 0.29) is 5.91 Å². The molecule has 2 aliphatic rings. The zero-order chi connectivity index (χ0) is 19.4. The lowest BCUT2D eigenvalue weighted by molar-refractivity contribution is 0.0776. The van der Waals surface area contributed by atoms with E-state index in [0.29, 0.717) is 17.5 Å². The first-order chi connectivity index (χ1) is 13.5. The van der Waals surface area contributed by atoms with Crippen LogP contribution in [0.4, 0.5) is 5.95 Å². The van der Waals surface area contributed by atoms with Crippen LogP contribution in [0, 0.1) is 18.8 Å². The normalized spacial score (nSPS) is 21.7. The highest BCUT2D eigenvalue weighted by Gasteiger charge is 2.43. The molecule has 1 amide bonds. The van der Waals surface area contributed by atoms with E-state index in [1.165, 1.54) is 5.52 Å². The van der Waals surface area contributed by atoms with Crippen molar-refractivity contribution in [1.82, 2.24) is 24.2 Å². The topological polar surface area (TPSA) is 59.2 Å². The summed E-state index contributed by atoms with van der Waals surface area (Å²) >= 11 is 0. The monoisotopic (exact) mass is 378 g/mol. The Morgan fingerprint density at radius 1 is 1.14 bits per heavy atom. The molecule has 0 bridgehead atoms. The van der Waals surface area contributed by atoms with Crippen LogP contribution in [-0.4, -0.2) is 56.3 Å². The lowest BCUT2D eigenvalue weighted by Gasteiger charge is -2.22. The quantitative estimate of drug-likeness (QED) is 0.702. The van der Waals surface area contributed by atoms with Crippen LogP contribution in [0.5, 0.6) is 0 Å². The minimum absolute atomic E-state index is 0.0606. The average Bonchev–Trinajstić information content (AvgIpc) is 3.42. The summed E-state index contributed by atoms with van der Waals surface area (Å²) in [5, 5.41) is 4.36. The molecule has 2 aromatic heterocycles. The highest BCUT2D eigenvalue weighted by atomic mass is 16.2. The van der Waals surface area contributed by atoms with Gasteiger partial charge in [0.25, 0.3) is 5.91 Å². The van der Waals surface area contributed by atoms with E-state index in [1.54, 1.807) is 4.68 Å². The molecule has 2 fully saturated rings. The fourth-order valence-corrected chi connectivity index (χ4v) is 4.77. The molecule has 4 heterocycles. The summed E-state index contributed by atoms with van der Waals surface area (Å²) in [5.41, 5.74) is 3.81. The van der Waals surface area contributed by atoms with Gasteiger partial charge in [0.05, 0.1) is 11.0 Å². The number of nitrogens with zero attached hydrogens (tertiary/aromatic N) is 6. The van der Waals surface area contributed by atoms with Crippen LogP contribution in [0.25, 0.3) is 11.0 Å². The number of aromatic nitrogens is 4. The van der Waals surface area contributed by atoms with Gasteiger partial charge in [0.2, 0.25) is 5.95 Å². The SMILES string of the molecule is CCn1c(N2CC3CN(C(=O)c4cc(C)n(C)n4)CC3C2)nc2ccccc21. The second-order valence-electron chi connectivity index (χ2n) is 8.07. The number of hydrogen-bond donors (Lipinski definition) is 0. The van der Waals surface area contributed by atoms with E-state index >= 15 is 0 Å². The molecule has 7 nitrogen and oxygen atoms in total. The van der Waals surface area contributed by atoms with Gasteiger partial charge in [0.15, 0.2) is 5.69 Å². The van der Waals surface area contributed by atoms with Crippen LogP contribution in [-0.2, 0) is 13.6 Å². The van der Waals surface area contributed by atoms with E-state index in [2.05, 4.69) is 39.7 Å². The first-order valence-electron chi connectivity index (χ1n) is 10.0. The molecule has 2 saturated heterocycles. The Bertz CT molecular complexity index is 1020. The third-order valence-electron chi connectivity index (χ3n) is 6.34. The van der Waals surface area contributed by atoms with Crippen LogP contribution in [0.2, 0.25) is 0 Å². The number of aryl methyl sites for hydroxylation is 3. The molecule has 1 aromatic carbocycles. The van der Waals surface area contributed by atoms with Gasteiger partial charge in [-0.1, -0.05) is 12.1 Å². The summed E-state index contributed by atoms with van der Waals surface area (Å²) in [6.07, 6.45) is 0. The third kappa shape index (κ3) is 2.60. The summed E-state index contributed by atoms with van der Waals surface area (Å²) in [6, 6.07) is 10.2. The van der Waals surface area contributed by atoms with Gasteiger partial charge in [0, 0.05) is 57.3 Å². The number of para-hydroxylation sites is 2. The number of carbonyl (C=O) groups excluding carboxylic acids is 1. The van der Waals surface area contributed by atoms with Crippen LogP contribution >= 0.6 is 0 Å². The number of anilines is 1. The third-order valence-corrected chi connectivity index (χ3v) is 6.34. The van der Waals surface area contributed by atoms with E-state index < -0.39 is 0 Å². The highest BCUT2D eigenvalue weighted by Crippen LogP contribution is 2.35. The Labute approximate surface area is 164 Å². The number of hydrogen-bond acceptors (Lipinski definition) is 4. The average molecular weight is 378 g/mol. The summed E-state index contributed by atoms with van der Waals surface area (Å²) < 4.78 is 4.07. The van der Waals surface area contributed by atoms with Gasteiger partial charge in [0.1, 0.15) is 0 Å². The Morgan fingerprint density at radius 3 is 2.50 bits per heavy atom. The zero-order valence-electron chi connectivity index (χ0n) is 16.7. The molecule has 0 radical (unpaired) electrons. The molecular formula is C21H26N6O. The molecule has 28 heavy (non-hydrogen) atoms. The fourth-order valence-electron chi connectivity index (χ4n) is 4.77. The second kappa shape index (κ2) is 6.36. The molecule has 3 aromatic rings. The first kappa shape index (κ1) is 17.3. The Kier molecular flexibility index (Phi) is 3.92. The molecular weight excluding hydrogens is 352 g/mol. The van der Waals surface area contributed by atoms with E-state index in [9.17, 15) is 4.79 Å². The second-order valence-corrected chi connectivity index (χ2v) is 8.07. The zero-order valence-corrected chi connectivity index (χ0v) is 16.7. The van der Waals surface area contributed by atoms with Crippen molar-refractivity contribution in [3.63, 3.8) is 0 Å². The van der Waals surface area contributed by atoms with Crippen molar-refractivity contribution < 1.29 is 4.79 Å². The van der Waals surface area contributed by atoms with E-state index in [0.717, 1.165) is 49.9 Å². The van der Waals surface area contributed by atoms with Crippen molar-refractivity contribution in [3.8, 4) is 0 Å². The van der Waals surface area contributed by atoms with Crippen molar-refractivity contribution in [2.75, 3.05) is 31.1 Å². The van der Waals surface area contributed by atoms with Crippen molar-refractivity contribution in [2.24, 2.45) is 18.9 Å². The smallest absolute Gasteiger partial charge is 0.274 e. The van der Waals surface area contributed by atoms with E-state index in [4.69, 9.17) is 4.98 Å². The predicted molar refractivity (Wildman–Crippen MR) is 108 cm³/mol. The molecule has 2 atom stereocenters. The minimum atomic E-state index is 0.0606. The molecule has 0 saturated carbocycles. The van der Waals surface area contributed by atoms with Crippen LogP contribution in [0.3, 0.4) is 0 Å². The standard InChI is InChI=1S/C21H26N6O/c1-4-27-19-8-6-5-7-17(19)22-21(27)26-12-15-10-25(11-16(15)13-26)20(28)18-9-14(2)24(3)23-18/h5-9,15-16H,4,10-13H2,1-3H3. The van der Waals surface area contributed by atoms with Gasteiger partial charge in [-0.25, -0.2) is 4.98 Å². The maximum atomic E-state index is 12.8. The molecule has 0 spiro atoms. The Balaban J connectivity index is 1.33. The van der Waals surface area contributed by atoms with Crippen molar-refractivity contribution in [2.45, 2.75) is 20.4 Å². The number of fused-ring (bicyclic) bond motifs is 2. The molecule has 0 aliphatic carbocycles. The lowest BCUT2D eigenvalue weighted by atomic mass is 10.0. The summed E-state index contributed by atoms with van der Waals surface area (Å²) in [7, 11) is 1.88. The summed E-state index contributed by atoms with van der Waals surface area (Å²) in [4.78, 5) is 22.1. The van der Waals surface area contributed by atoms with E-state index in [1.807, 2.05) is 31.0 Å². The van der Waals surface area contributed by atoms with Crippen molar-refractivity contribution in [3.05, 3.63) is 41.7 Å². The van der Waals surface area contributed by atoms with Gasteiger partial charge in [-0.2, -0.15) is 5.10 Å². The Hall–Kier alpha value is -2.83. The summed E-state index contributed by atoms with van der Waals surface area (Å²) in [5.74, 6) is 2.12. The number of likely N-dealkylation sites (tertiary alicyclic amines) is 1. The van der Waals surface area contributed by atoms with Crippen molar-refractivity contribution in [1.29, 1.82) is 0 Å². The lowest BCUT2D eigenvalue weighted by Crippen LogP contribution is -2.34. The van der Waals surface area contributed by atoms with Gasteiger partial charge in [-0.05, 0) is 32.0 Å². The number of imidazole rings is 1. The van der Waals surface area contributed by atoms with Gasteiger partial charge < -0.3 is 14.4 Å². The number of benzene rings is 1. The summed E-state index contributed by atoms with van der Waals surface area (Å²) in [6.45, 7) is 8.58. The number of rotatable bonds is 3. The molecule has 7 heteroatoms. The predicted octanol–water partition coefficient (Wildman–Crippen LogP) is 2.31. The molecule has 146 valence electrons. The number of carbonyl (C=O) groups is 1. The van der Waals surface area contributed by atoms with Crippen LogP contribution < -0.4 is 4.90 Å². The van der Waals surface area contributed by atoms with Gasteiger partial charge >= 0.3 is 0 Å².